The van der Waals surface area contributed by atoms with Crippen molar-refractivity contribution in [3.8, 4) is 6.07 Å². The van der Waals surface area contributed by atoms with E-state index in [-0.39, 0.29) is 11.9 Å². The molecular formula is C17H17N3O. The fourth-order valence-corrected chi connectivity index (χ4v) is 1.93. The first kappa shape index (κ1) is 14.6. The highest BCUT2D eigenvalue weighted by Gasteiger charge is 2.12. The molecule has 1 atom stereocenters. The van der Waals surface area contributed by atoms with Crippen LogP contribution in [0.5, 0.6) is 0 Å². The number of nitrogens with zero attached hydrogens (tertiary/aromatic N) is 1. The smallest absolute Gasteiger partial charge is 0.246 e. The number of nitriles is 1. The maximum absolute atomic E-state index is 12.1. The molecule has 0 aromatic heterocycles. The van der Waals surface area contributed by atoms with Crippen molar-refractivity contribution in [2.75, 3.05) is 10.6 Å². The molecule has 0 radical (unpaired) electrons. The number of amides is 1. The number of aryl methyl sites for hydroxylation is 1. The Morgan fingerprint density at radius 1 is 1.14 bits per heavy atom. The molecule has 1 amide bonds. The minimum atomic E-state index is -0.359. The Balaban J connectivity index is 1.97. The highest BCUT2D eigenvalue weighted by molar-refractivity contribution is 5.96. The molecule has 0 unspecified atom stereocenters. The van der Waals surface area contributed by atoms with E-state index in [0.29, 0.717) is 11.3 Å². The summed E-state index contributed by atoms with van der Waals surface area (Å²) in [5.74, 6) is -0.124. The van der Waals surface area contributed by atoms with Gasteiger partial charge < -0.3 is 10.6 Å². The average molecular weight is 279 g/mol. The second kappa shape index (κ2) is 6.58. The second-order valence-electron chi connectivity index (χ2n) is 4.91. The fourth-order valence-electron chi connectivity index (χ4n) is 1.93. The number of carbonyl (C=O) groups excluding carboxylic acids is 1. The number of nitrogens with one attached hydrogen (secondary N) is 2. The first-order valence-corrected chi connectivity index (χ1v) is 6.73. The largest absolute Gasteiger partial charge is 0.374 e. The van der Waals surface area contributed by atoms with Crippen LogP contribution in [-0.4, -0.2) is 11.9 Å². The average Bonchev–Trinajstić information content (AvgIpc) is 2.48. The summed E-state index contributed by atoms with van der Waals surface area (Å²) in [7, 11) is 0. The maximum Gasteiger partial charge on any atom is 0.246 e. The van der Waals surface area contributed by atoms with Gasteiger partial charge in [-0.25, -0.2) is 0 Å². The van der Waals surface area contributed by atoms with Gasteiger partial charge in [-0.3, -0.25) is 4.79 Å². The molecule has 2 aromatic rings. The number of carbonyl (C=O) groups is 1. The molecule has 0 heterocycles. The normalized spacial score (nSPS) is 11.3. The quantitative estimate of drug-likeness (QED) is 0.902. The van der Waals surface area contributed by atoms with Gasteiger partial charge in [0, 0.05) is 11.4 Å². The number of hydrogen-bond acceptors (Lipinski definition) is 3. The molecule has 106 valence electrons. The molecule has 0 aliphatic rings. The molecule has 4 heteroatoms. The molecule has 0 fully saturated rings. The third-order valence-corrected chi connectivity index (χ3v) is 3.08. The van der Waals surface area contributed by atoms with Crippen LogP contribution in [0.15, 0.2) is 48.5 Å². The fraction of sp³-hybridized carbons (Fsp3) is 0.176. The van der Waals surface area contributed by atoms with Crippen LogP contribution in [0.25, 0.3) is 0 Å². The zero-order valence-electron chi connectivity index (χ0n) is 12.1. The number of rotatable bonds is 4. The minimum Gasteiger partial charge on any atom is -0.374 e. The molecule has 2 N–H and O–H groups in total. The third kappa shape index (κ3) is 4.08. The van der Waals surface area contributed by atoms with E-state index in [9.17, 15) is 4.79 Å². The van der Waals surface area contributed by atoms with Gasteiger partial charge in [0.1, 0.15) is 6.04 Å². The van der Waals surface area contributed by atoms with Gasteiger partial charge in [0.25, 0.3) is 0 Å². The van der Waals surface area contributed by atoms with Crippen molar-refractivity contribution in [2.45, 2.75) is 19.9 Å². The minimum absolute atomic E-state index is 0.124. The van der Waals surface area contributed by atoms with E-state index in [2.05, 4.69) is 10.6 Å². The van der Waals surface area contributed by atoms with Crippen LogP contribution in [0.2, 0.25) is 0 Å². The first-order valence-electron chi connectivity index (χ1n) is 6.73. The van der Waals surface area contributed by atoms with Crippen LogP contribution in [0.4, 0.5) is 11.4 Å². The van der Waals surface area contributed by atoms with Crippen LogP contribution in [0.3, 0.4) is 0 Å². The van der Waals surface area contributed by atoms with E-state index in [0.717, 1.165) is 11.3 Å². The lowest BCUT2D eigenvalue weighted by Gasteiger charge is -2.15. The van der Waals surface area contributed by atoms with Crippen molar-refractivity contribution in [1.29, 1.82) is 5.26 Å². The zero-order chi connectivity index (χ0) is 15.2. The SMILES string of the molecule is Cc1cccc(N[C@H](C)C(=O)Nc2ccc(C#N)cc2)c1. The maximum atomic E-state index is 12.1. The predicted octanol–water partition coefficient (Wildman–Crippen LogP) is 3.31. The van der Waals surface area contributed by atoms with Gasteiger partial charge in [0.2, 0.25) is 5.91 Å². The van der Waals surface area contributed by atoms with Gasteiger partial charge in [-0.2, -0.15) is 5.26 Å². The molecule has 2 rings (SSSR count). The molecule has 0 aliphatic heterocycles. The van der Waals surface area contributed by atoms with Gasteiger partial charge in [0.05, 0.1) is 11.6 Å². The summed E-state index contributed by atoms with van der Waals surface area (Å²) in [6.45, 7) is 3.81. The van der Waals surface area contributed by atoms with Gasteiger partial charge in [-0.1, -0.05) is 12.1 Å². The van der Waals surface area contributed by atoms with Crippen LogP contribution in [0, 0.1) is 18.3 Å². The summed E-state index contributed by atoms with van der Waals surface area (Å²) < 4.78 is 0. The van der Waals surface area contributed by atoms with E-state index in [1.54, 1.807) is 31.2 Å². The summed E-state index contributed by atoms with van der Waals surface area (Å²) in [6.07, 6.45) is 0. The standard InChI is InChI=1S/C17H17N3O/c1-12-4-3-5-16(10-12)19-13(2)17(21)20-15-8-6-14(11-18)7-9-15/h3-10,13,19H,1-2H3,(H,20,21)/t13-/m1/s1. The van der Waals surface area contributed by atoms with Crippen LogP contribution < -0.4 is 10.6 Å². The number of anilines is 2. The van der Waals surface area contributed by atoms with E-state index in [4.69, 9.17) is 5.26 Å². The lowest BCUT2D eigenvalue weighted by atomic mass is 10.2. The van der Waals surface area contributed by atoms with Crippen molar-refractivity contribution < 1.29 is 4.79 Å². The first-order chi connectivity index (χ1) is 10.1. The van der Waals surface area contributed by atoms with E-state index < -0.39 is 0 Å². The predicted molar refractivity (Wildman–Crippen MR) is 84.1 cm³/mol. The summed E-state index contributed by atoms with van der Waals surface area (Å²) in [5.41, 5.74) is 3.30. The molecule has 4 nitrogen and oxygen atoms in total. The molecule has 0 bridgehead atoms. The third-order valence-electron chi connectivity index (χ3n) is 3.08. The summed E-state index contributed by atoms with van der Waals surface area (Å²) >= 11 is 0. The summed E-state index contributed by atoms with van der Waals surface area (Å²) in [6, 6.07) is 16.3. The molecule has 0 saturated carbocycles. The molecule has 2 aromatic carbocycles. The lowest BCUT2D eigenvalue weighted by Crippen LogP contribution is -2.31. The zero-order valence-corrected chi connectivity index (χ0v) is 12.1. The van der Waals surface area contributed by atoms with Gasteiger partial charge in [-0.15, -0.1) is 0 Å². The Morgan fingerprint density at radius 3 is 2.48 bits per heavy atom. The molecule has 21 heavy (non-hydrogen) atoms. The van der Waals surface area contributed by atoms with Gasteiger partial charge in [-0.05, 0) is 55.8 Å². The van der Waals surface area contributed by atoms with Crippen molar-refractivity contribution >= 4 is 17.3 Å². The lowest BCUT2D eigenvalue weighted by molar-refractivity contribution is -0.116. The Morgan fingerprint density at radius 2 is 1.86 bits per heavy atom. The van der Waals surface area contributed by atoms with Crippen molar-refractivity contribution in [2.24, 2.45) is 0 Å². The van der Waals surface area contributed by atoms with E-state index >= 15 is 0 Å². The van der Waals surface area contributed by atoms with E-state index in [1.807, 2.05) is 37.3 Å². The number of benzene rings is 2. The second-order valence-corrected chi connectivity index (χ2v) is 4.91. The van der Waals surface area contributed by atoms with Crippen LogP contribution >= 0.6 is 0 Å². The monoisotopic (exact) mass is 279 g/mol. The highest BCUT2D eigenvalue weighted by Crippen LogP contribution is 2.13. The van der Waals surface area contributed by atoms with Crippen molar-refractivity contribution in [3.05, 3.63) is 59.7 Å². The van der Waals surface area contributed by atoms with Gasteiger partial charge in [0.15, 0.2) is 0 Å². The highest BCUT2D eigenvalue weighted by atomic mass is 16.2. The van der Waals surface area contributed by atoms with Crippen LogP contribution in [-0.2, 0) is 4.79 Å². The Bertz CT molecular complexity index is 671. The Hall–Kier alpha value is -2.80. The van der Waals surface area contributed by atoms with Gasteiger partial charge >= 0.3 is 0 Å². The molecule has 0 saturated heterocycles. The molecular weight excluding hydrogens is 262 g/mol. The summed E-state index contributed by atoms with van der Waals surface area (Å²) in [4.78, 5) is 12.1. The summed E-state index contributed by atoms with van der Waals surface area (Å²) in [5, 5.41) is 14.7. The molecule has 0 spiro atoms. The molecule has 0 aliphatic carbocycles. The van der Waals surface area contributed by atoms with Crippen molar-refractivity contribution in [1.82, 2.24) is 0 Å². The number of hydrogen-bond donors (Lipinski definition) is 2. The topological polar surface area (TPSA) is 64.9 Å². The Kier molecular flexibility index (Phi) is 4.57. The Labute approximate surface area is 124 Å². The van der Waals surface area contributed by atoms with Crippen molar-refractivity contribution in [3.63, 3.8) is 0 Å². The van der Waals surface area contributed by atoms with E-state index in [1.165, 1.54) is 0 Å². The van der Waals surface area contributed by atoms with Crippen LogP contribution in [0.1, 0.15) is 18.1 Å².